The van der Waals surface area contributed by atoms with Gasteiger partial charge in [-0.05, 0) is 25.0 Å². The minimum absolute atomic E-state index is 0.155. The van der Waals surface area contributed by atoms with Crippen molar-refractivity contribution < 1.29 is 13.6 Å². The Balaban J connectivity index is 2.11. The number of amides is 1. The van der Waals surface area contributed by atoms with E-state index < -0.39 is 11.6 Å². The molecule has 0 radical (unpaired) electrons. The molecule has 0 bridgehead atoms. The maximum atomic E-state index is 13.6. The molecule has 3 nitrogen and oxygen atoms in total. The Bertz CT molecular complexity index is 453. The monoisotopic (exact) mass is 282 g/mol. The van der Waals surface area contributed by atoms with Gasteiger partial charge in [-0.25, -0.2) is 8.78 Å². The SMILES string of the molecule is NCCN(C(=O)Cc1c(F)cccc1F)C1CCCC1. The molecule has 0 saturated heterocycles. The maximum absolute atomic E-state index is 13.6. The Kier molecular flexibility index (Phi) is 5.06. The number of carbonyl (C=O) groups is 1. The fraction of sp³-hybridized carbons (Fsp3) is 0.533. The Morgan fingerprint density at radius 1 is 1.25 bits per heavy atom. The zero-order valence-electron chi connectivity index (χ0n) is 11.4. The number of halogens is 2. The first kappa shape index (κ1) is 14.9. The molecular formula is C15H20F2N2O. The van der Waals surface area contributed by atoms with Crippen LogP contribution in [0.4, 0.5) is 8.78 Å². The van der Waals surface area contributed by atoms with Crippen LogP contribution < -0.4 is 5.73 Å². The Hall–Kier alpha value is -1.49. The van der Waals surface area contributed by atoms with Crippen molar-refractivity contribution in [2.24, 2.45) is 5.73 Å². The van der Waals surface area contributed by atoms with Crippen LogP contribution in [0.1, 0.15) is 31.2 Å². The number of hydrogen-bond donors (Lipinski definition) is 1. The predicted octanol–water partition coefficient (Wildman–Crippen LogP) is 2.24. The van der Waals surface area contributed by atoms with E-state index in [1.165, 1.54) is 18.2 Å². The maximum Gasteiger partial charge on any atom is 0.227 e. The summed E-state index contributed by atoms with van der Waals surface area (Å²) in [4.78, 5) is 14.0. The van der Waals surface area contributed by atoms with Crippen LogP contribution >= 0.6 is 0 Å². The van der Waals surface area contributed by atoms with E-state index in [2.05, 4.69) is 0 Å². The summed E-state index contributed by atoms with van der Waals surface area (Å²) < 4.78 is 27.2. The van der Waals surface area contributed by atoms with Crippen LogP contribution in [-0.2, 0) is 11.2 Å². The highest BCUT2D eigenvalue weighted by atomic mass is 19.1. The summed E-state index contributed by atoms with van der Waals surface area (Å²) >= 11 is 0. The van der Waals surface area contributed by atoms with E-state index in [1.807, 2.05) is 0 Å². The predicted molar refractivity (Wildman–Crippen MR) is 73.1 cm³/mol. The highest BCUT2D eigenvalue weighted by Crippen LogP contribution is 2.24. The molecule has 5 heteroatoms. The standard InChI is InChI=1S/C15H20F2N2O/c16-13-6-3-7-14(17)12(13)10-15(20)19(9-8-18)11-4-1-2-5-11/h3,6-7,11H,1-2,4-5,8-10,18H2. The van der Waals surface area contributed by atoms with Crippen molar-refractivity contribution in [1.82, 2.24) is 4.90 Å². The lowest BCUT2D eigenvalue weighted by Crippen LogP contribution is -2.43. The minimum Gasteiger partial charge on any atom is -0.338 e. The molecule has 2 rings (SSSR count). The molecule has 1 fully saturated rings. The summed E-state index contributed by atoms with van der Waals surface area (Å²) in [6, 6.07) is 3.82. The quantitative estimate of drug-likeness (QED) is 0.900. The fourth-order valence-electron chi connectivity index (χ4n) is 2.82. The molecule has 20 heavy (non-hydrogen) atoms. The number of rotatable bonds is 5. The van der Waals surface area contributed by atoms with E-state index in [1.54, 1.807) is 4.90 Å². The van der Waals surface area contributed by atoms with Crippen molar-refractivity contribution in [2.75, 3.05) is 13.1 Å². The van der Waals surface area contributed by atoms with Gasteiger partial charge < -0.3 is 10.6 Å². The second-order valence-corrected chi connectivity index (χ2v) is 5.19. The van der Waals surface area contributed by atoms with Gasteiger partial charge in [0.1, 0.15) is 11.6 Å². The van der Waals surface area contributed by atoms with Crippen molar-refractivity contribution in [2.45, 2.75) is 38.1 Å². The number of nitrogens with two attached hydrogens (primary N) is 1. The van der Waals surface area contributed by atoms with Crippen molar-refractivity contribution in [3.05, 3.63) is 35.4 Å². The third-order valence-electron chi connectivity index (χ3n) is 3.85. The molecule has 0 spiro atoms. The van der Waals surface area contributed by atoms with Gasteiger partial charge in [-0.15, -0.1) is 0 Å². The summed E-state index contributed by atoms with van der Waals surface area (Å²) in [6.07, 6.45) is 3.84. The fourth-order valence-corrected chi connectivity index (χ4v) is 2.82. The molecule has 110 valence electrons. The lowest BCUT2D eigenvalue weighted by atomic mass is 10.1. The zero-order valence-corrected chi connectivity index (χ0v) is 11.4. The van der Waals surface area contributed by atoms with Gasteiger partial charge in [-0.1, -0.05) is 18.9 Å². The summed E-state index contributed by atoms with van der Waals surface area (Å²) in [5.74, 6) is -1.58. The number of nitrogens with zero attached hydrogens (tertiary/aromatic N) is 1. The lowest BCUT2D eigenvalue weighted by molar-refractivity contribution is -0.132. The average Bonchev–Trinajstić information content (AvgIpc) is 2.94. The second-order valence-electron chi connectivity index (χ2n) is 5.19. The van der Waals surface area contributed by atoms with Crippen LogP contribution in [0.5, 0.6) is 0 Å². The molecule has 0 aliphatic heterocycles. The third-order valence-corrected chi connectivity index (χ3v) is 3.85. The topological polar surface area (TPSA) is 46.3 Å². The Morgan fingerprint density at radius 3 is 2.40 bits per heavy atom. The molecule has 0 heterocycles. The van der Waals surface area contributed by atoms with E-state index in [0.717, 1.165) is 25.7 Å². The molecule has 0 atom stereocenters. The second kappa shape index (κ2) is 6.79. The van der Waals surface area contributed by atoms with Gasteiger partial charge in [0.15, 0.2) is 0 Å². The van der Waals surface area contributed by atoms with Crippen LogP contribution in [0, 0.1) is 11.6 Å². The first-order valence-corrected chi connectivity index (χ1v) is 7.06. The molecule has 0 unspecified atom stereocenters. The third kappa shape index (κ3) is 3.33. The van der Waals surface area contributed by atoms with Crippen LogP contribution in [0.25, 0.3) is 0 Å². The molecule has 1 aromatic rings. The van der Waals surface area contributed by atoms with Crippen molar-refractivity contribution in [3.8, 4) is 0 Å². The van der Waals surface area contributed by atoms with Crippen molar-refractivity contribution in [1.29, 1.82) is 0 Å². The van der Waals surface area contributed by atoms with E-state index in [9.17, 15) is 13.6 Å². The van der Waals surface area contributed by atoms with Crippen LogP contribution in [0.15, 0.2) is 18.2 Å². The van der Waals surface area contributed by atoms with Gasteiger partial charge in [0, 0.05) is 24.7 Å². The molecule has 1 aromatic carbocycles. The zero-order chi connectivity index (χ0) is 14.5. The summed E-state index contributed by atoms with van der Waals surface area (Å²) in [5.41, 5.74) is 5.39. The molecule has 2 N–H and O–H groups in total. The van der Waals surface area contributed by atoms with E-state index in [4.69, 9.17) is 5.73 Å². The number of carbonyl (C=O) groups excluding carboxylic acids is 1. The number of hydrogen-bond acceptors (Lipinski definition) is 2. The minimum atomic E-state index is -0.669. The van der Waals surface area contributed by atoms with Crippen molar-refractivity contribution in [3.63, 3.8) is 0 Å². The molecule has 1 amide bonds. The molecule has 0 aromatic heterocycles. The molecular weight excluding hydrogens is 262 g/mol. The normalized spacial score (nSPS) is 15.6. The Morgan fingerprint density at radius 2 is 1.85 bits per heavy atom. The summed E-state index contributed by atoms with van der Waals surface area (Å²) in [6.45, 7) is 0.807. The van der Waals surface area contributed by atoms with E-state index in [-0.39, 0.29) is 23.9 Å². The van der Waals surface area contributed by atoms with Gasteiger partial charge in [-0.3, -0.25) is 4.79 Å². The summed E-state index contributed by atoms with van der Waals surface area (Å²) in [5, 5.41) is 0. The van der Waals surface area contributed by atoms with Gasteiger partial charge in [-0.2, -0.15) is 0 Å². The van der Waals surface area contributed by atoms with Crippen LogP contribution in [-0.4, -0.2) is 29.9 Å². The van der Waals surface area contributed by atoms with E-state index in [0.29, 0.717) is 13.1 Å². The van der Waals surface area contributed by atoms with E-state index >= 15 is 0 Å². The van der Waals surface area contributed by atoms with Crippen LogP contribution in [0.3, 0.4) is 0 Å². The van der Waals surface area contributed by atoms with Gasteiger partial charge in [0.2, 0.25) is 5.91 Å². The lowest BCUT2D eigenvalue weighted by Gasteiger charge is -2.28. The van der Waals surface area contributed by atoms with Gasteiger partial charge >= 0.3 is 0 Å². The highest BCUT2D eigenvalue weighted by molar-refractivity contribution is 5.79. The van der Waals surface area contributed by atoms with Crippen LogP contribution in [0.2, 0.25) is 0 Å². The molecule has 1 aliphatic rings. The smallest absolute Gasteiger partial charge is 0.227 e. The summed E-state index contributed by atoms with van der Waals surface area (Å²) in [7, 11) is 0. The van der Waals surface area contributed by atoms with Gasteiger partial charge in [0.25, 0.3) is 0 Å². The first-order valence-electron chi connectivity index (χ1n) is 7.06. The number of benzene rings is 1. The van der Waals surface area contributed by atoms with Crippen molar-refractivity contribution >= 4 is 5.91 Å². The first-order chi connectivity index (χ1) is 9.63. The average molecular weight is 282 g/mol. The molecule has 1 saturated carbocycles. The van der Waals surface area contributed by atoms with Gasteiger partial charge in [0.05, 0.1) is 6.42 Å². The molecule has 1 aliphatic carbocycles. The largest absolute Gasteiger partial charge is 0.338 e. The highest BCUT2D eigenvalue weighted by Gasteiger charge is 2.27. The Labute approximate surface area is 117 Å².